The first kappa shape index (κ1) is 16.3. The van der Waals surface area contributed by atoms with E-state index in [1.807, 2.05) is 36.5 Å². The molecular formula is C19H25NO2. The molecule has 0 fully saturated rings. The van der Waals surface area contributed by atoms with E-state index in [1.165, 1.54) is 11.3 Å². The van der Waals surface area contributed by atoms with E-state index in [0.717, 1.165) is 18.6 Å². The Morgan fingerprint density at radius 1 is 1.18 bits per heavy atom. The molecule has 2 aromatic rings. The van der Waals surface area contributed by atoms with E-state index in [4.69, 9.17) is 4.74 Å². The van der Waals surface area contributed by atoms with Gasteiger partial charge in [0.15, 0.2) is 5.78 Å². The van der Waals surface area contributed by atoms with E-state index in [1.54, 1.807) is 0 Å². The van der Waals surface area contributed by atoms with Crippen molar-refractivity contribution >= 4 is 5.78 Å². The monoisotopic (exact) mass is 299 g/mol. The zero-order valence-electron chi connectivity index (χ0n) is 13.7. The molecule has 0 unspecified atom stereocenters. The minimum atomic E-state index is 0.0828. The van der Waals surface area contributed by atoms with Crippen LogP contribution in [0.25, 0.3) is 0 Å². The molecule has 1 aromatic heterocycles. The minimum Gasteiger partial charge on any atom is -0.486 e. The number of benzene rings is 1. The van der Waals surface area contributed by atoms with Crippen molar-refractivity contribution < 1.29 is 9.53 Å². The lowest BCUT2D eigenvalue weighted by molar-refractivity contribution is -0.121. The topological polar surface area (TPSA) is 42.1 Å². The van der Waals surface area contributed by atoms with Gasteiger partial charge >= 0.3 is 0 Å². The van der Waals surface area contributed by atoms with Crippen molar-refractivity contribution in [3.05, 3.63) is 53.9 Å². The molecule has 0 aliphatic rings. The van der Waals surface area contributed by atoms with Crippen LogP contribution in [-0.2, 0) is 16.6 Å². The number of nitrogens with one attached hydrogen (secondary N) is 1. The number of hydrogen-bond donors (Lipinski definition) is 1. The Morgan fingerprint density at radius 2 is 2.00 bits per heavy atom. The molecule has 1 N–H and O–H groups in total. The fraction of sp³-hybridized carbons (Fsp3) is 0.421. The molecule has 0 spiro atoms. The molecular weight excluding hydrogens is 274 g/mol. The number of ether oxygens (including phenoxy) is 1. The van der Waals surface area contributed by atoms with Gasteiger partial charge in [-0.15, -0.1) is 0 Å². The van der Waals surface area contributed by atoms with Gasteiger partial charge in [-0.2, -0.15) is 0 Å². The predicted octanol–water partition coefficient (Wildman–Crippen LogP) is 4.28. The summed E-state index contributed by atoms with van der Waals surface area (Å²) in [6.45, 7) is 6.64. The van der Waals surface area contributed by atoms with Crippen molar-refractivity contribution in [3.63, 3.8) is 0 Å². The summed E-state index contributed by atoms with van der Waals surface area (Å²) in [5.41, 5.74) is 2.47. The Kier molecular flexibility index (Phi) is 5.42. The van der Waals surface area contributed by atoms with Crippen LogP contribution in [-0.4, -0.2) is 17.4 Å². The number of carbonyl (C=O) groups is 1. The molecule has 3 heteroatoms. The Morgan fingerprint density at radius 3 is 2.68 bits per heavy atom. The lowest BCUT2D eigenvalue weighted by atomic mass is 9.87. The van der Waals surface area contributed by atoms with E-state index in [-0.39, 0.29) is 17.8 Å². The second kappa shape index (κ2) is 7.30. The number of carbonyl (C=O) groups excluding carboxylic acids is 1. The van der Waals surface area contributed by atoms with Crippen LogP contribution >= 0.6 is 0 Å². The van der Waals surface area contributed by atoms with Crippen LogP contribution in [0.2, 0.25) is 0 Å². The molecule has 0 aliphatic heterocycles. The van der Waals surface area contributed by atoms with Gasteiger partial charge in [0.05, 0.1) is 0 Å². The normalized spacial score (nSPS) is 11.4. The highest BCUT2D eigenvalue weighted by Gasteiger charge is 2.14. The summed E-state index contributed by atoms with van der Waals surface area (Å²) >= 11 is 0. The molecule has 118 valence electrons. The predicted molar refractivity (Wildman–Crippen MR) is 89.4 cm³/mol. The maximum Gasteiger partial charge on any atom is 0.170 e. The van der Waals surface area contributed by atoms with Gasteiger partial charge in [0.2, 0.25) is 0 Å². The van der Waals surface area contributed by atoms with Crippen LogP contribution in [0.3, 0.4) is 0 Å². The zero-order chi connectivity index (χ0) is 16.0. The molecule has 0 bridgehead atoms. The third-order valence-corrected chi connectivity index (χ3v) is 3.66. The van der Waals surface area contributed by atoms with Gasteiger partial charge in [0.1, 0.15) is 12.4 Å². The minimum absolute atomic E-state index is 0.0828. The van der Waals surface area contributed by atoms with Crippen LogP contribution in [0.4, 0.5) is 0 Å². The molecule has 0 amide bonds. The molecule has 22 heavy (non-hydrogen) atoms. The third kappa shape index (κ3) is 5.06. The zero-order valence-corrected chi connectivity index (χ0v) is 13.7. The highest BCUT2D eigenvalue weighted by atomic mass is 16.5. The highest BCUT2D eigenvalue weighted by molar-refractivity contribution is 5.79. The van der Waals surface area contributed by atoms with Crippen molar-refractivity contribution in [3.8, 4) is 5.75 Å². The van der Waals surface area contributed by atoms with Crippen LogP contribution in [0.5, 0.6) is 5.75 Å². The van der Waals surface area contributed by atoms with E-state index in [2.05, 4.69) is 31.8 Å². The average Bonchev–Trinajstić information content (AvgIpc) is 2.98. The molecule has 1 heterocycles. The maximum absolute atomic E-state index is 11.9. The second-order valence-corrected chi connectivity index (χ2v) is 6.65. The fourth-order valence-corrected chi connectivity index (χ4v) is 2.29. The number of Topliss-reactive ketones (excluding diaryl/α,β-unsaturated/α-hetero) is 1. The second-order valence-electron chi connectivity index (χ2n) is 6.65. The molecule has 0 aliphatic carbocycles. The van der Waals surface area contributed by atoms with Crippen molar-refractivity contribution in [2.24, 2.45) is 0 Å². The maximum atomic E-state index is 11.9. The van der Waals surface area contributed by atoms with Crippen LogP contribution in [0, 0.1) is 0 Å². The SMILES string of the molecule is CC(C)(C)c1cccc(OCC(=O)CCCc2ccc[nH]2)c1. The largest absolute Gasteiger partial charge is 0.486 e. The first-order chi connectivity index (χ1) is 10.4. The quantitative estimate of drug-likeness (QED) is 0.829. The molecule has 3 nitrogen and oxygen atoms in total. The summed E-state index contributed by atoms with van der Waals surface area (Å²) in [6.07, 6.45) is 4.21. The highest BCUT2D eigenvalue weighted by Crippen LogP contribution is 2.25. The number of aromatic amines is 1. The summed E-state index contributed by atoms with van der Waals surface area (Å²) in [4.78, 5) is 15.0. The first-order valence-corrected chi connectivity index (χ1v) is 7.82. The lowest BCUT2D eigenvalue weighted by Crippen LogP contribution is -2.13. The Hall–Kier alpha value is -2.03. The standard InChI is InChI=1S/C19H25NO2/c1-19(2,3)15-7-4-11-18(13-15)22-14-17(21)10-5-8-16-9-6-12-20-16/h4,6-7,9,11-13,20H,5,8,10,14H2,1-3H3. The molecule has 0 saturated carbocycles. The summed E-state index contributed by atoms with van der Waals surface area (Å²) in [7, 11) is 0. The smallest absolute Gasteiger partial charge is 0.170 e. The van der Waals surface area contributed by atoms with Crippen molar-refractivity contribution in [2.75, 3.05) is 6.61 Å². The van der Waals surface area contributed by atoms with Gasteiger partial charge < -0.3 is 9.72 Å². The number of hydrogen-bond acceptors (Lipinski definition) is 2. The van der Waals surface area contributed by atoms with Gasteiger partial charge in [-0.3, -0.25) is 4.79 Å². The lowest BCUT2D eigenvalue weighted by Gasteiger charge is -2.19. The van der Waals surface area contributed by atoms with Gasteiger partial charge in [-0.1, -0.05) is 32.9 Å². The Labute approximate surface area is 132 Å². The number of ketones is 1. The molecule has 2 rings (SSSR count). The summed E-state index contributed by atoms with van der Waals surface area (Å²) in [6, 6.07) is 12.0. The molecule has 0 atom stereocenters. The fourth-order valence-electron chi connectivity index (χ4n) is 2.29. The van der Waals surface area contributed by atoms with E-state index < -0.39 is 0 Å². The number of aromatic nitrogens is 1. The van der Waals surface area contributed by atoms with Crippen LogP contribution in [0.1, 0.15) is 44.9 Å². The Balaban J connectivity index is 1.76. The summed E-state index contributed by atoms with van der Waals surface area (Å²) in [5, 5.41) is 0. The third-order valence-electron chi connectivity index (χ3n) is 3.66. The van der Waals surface area contributed by atoms with Gasteiger partial charge in [-0.25, -0.2) is 0 Å². The molecule has 0 radical (unpaired) electrons. The van der Waals surface area contributed by atoms with Crippen molar-refractivity contribution in [2.45, 2.75) is 45.4 Å². The van der Waals surface area contributed by atoms with E-state index in [9.17, 15) is 4.79 Å². The van der Waals surface area contributed by atoms with Crippen LogP contribution in [0.15, 0.2) is 42.6 Å². The average molecular weight is 299 g/mol. The van der Waals surface area contributed by atoms with Gasteiger partial charge in [-0.05, 0) is 48.1 Å². The summed E-state index contributed by atoms with van der Waals surface area (Å²) in [5.74, 6) is 0.915. The van der Waals surface area contributed by atoms with Gasteiger partial charge in [0, 0.05) is 18.3 Å². The molecule has 1 aromatic carbocycles. The van der Waals surface area contributed by atoms with Crippen LogP contribution < -0.4 is 4.74 Å². The Bertz CT molecular complexity index is 594. The van der Waals surface area contributed by atoms with E-state index >= 15 is 0 Å². The summed E-state index contributed by atoms with van der Waals surface area (Å²) < 4.78 is 5.63. The molecule has 0 saturated heterocycles. The van der Waals surface area contributed by atoms with Crippen molar-refractivity contribution in [1.82, 2.24) is 4.98 Å². The van der Waals surface area contributed by atoms with Crippen molar-refractivity contribution in [1.29, 1.82) is 0 Å². The number of H-pyrrole nitrogens is 1. The van der Waals surface area contributed by atoms with E-state index in [0.29, 0.717) is 6.42 Å². The first-order valence-electron chi connectivity index (χ1n) is 7.82. The number of aryl methyl sites for hydroxylation is 1. The van der Waals surface area contributed by atoms with Gasteiger partial charge in [0.25, 0.3) is 0 Å². The number of rotatable bonds is 7.